The Morgan fingerprint density at radius 2 is 1.30 bits per heavy atom. The predicted octanol–water partition coefficient (Wildman–Crippen LogP) is 7.57. The van der Waals surface area contributed by atoms with Gasteiger partial charge in [-0.15, -0.1) is 0 Å². The molecule has 2 heterocycles. The van der Waals surface area contributed by atoms with Crippen molar-refractivity contribution in [2.45, 2.75) is 59.3 Å². The van der Waals surface area contributed by atoms with E-state index >= 15 is 0 Å². The van der Waals surface area contributed by atoms with Gasteiger partial charge in [-0.05, 0) is 65.7 Å². The average molecular weight is 525 g/mol. The maximum atomic E-state index is 14.2. The van der Waals surface area contributed by atoms with E-state index in [-0.39, 0.29) is 23.0 Å². The summed E-state index contributed by atoms with van der Waals surface area (Å²) in [6.07, 6.45) is -4.82. The van der Waals surface area contributed by atoms with E-state index in [1.807, 2.05) is 13.8 Å². The van der Waals surface area contributed by atoms with Gasteiger partial charge in [0.25, 0.3) is 5.78 Å². The van der Waals surface area contributed by atoms with Crippen molar-refractivity contribution in [2.24, 2.45) is 22.7 Å². The lowest BCUT2D eigenvalue weighted by atomic mass is 9.74. The second-order valence-electron chi connectivity index (χ2n) is 11.9. The summed E-state index contributed by atoms with van der Waals surface area (Å²) in [5.41, 5.74) is -0.296. The topological polar surface area (TPSA) is 23.6 Å². The van der Waals surface area contributed by atoms with Gasteiger partial charge >= 0.3 is 12.4 Å². The molecule has 0 bridgehead atoms. The van der Waals surface area contributed by atoms with Crippen molar-refractivity contribution < 1.29 is 31.1 Å². The van der Waals surface area contributed by atoms with Crippen LogP contribution in [-0.4, -0.2) is 31.2 Å². The minimum Gasteiger partial charge on any atom is -0.348 e. The molecule has 2 fully saturated rings. The summed E-state index contributed by atoms with van der Waals surface area (Å²) >= 11 is 0. The van der Waals surface area contributed by atoms with Gasteiger partial charge in [0.05, 0.1) is 5.57 Å². The van der Waals surface area contributed by atoms with Crippen LogP contribution in [0.4, 0.5) is 37.7 Å². The van der Waals surface area contributed by atoms with E-state index in [1.54, 1.807) is 54.1 Å². The Balaban J connectivity index is 1.49. The zero-order valence-electron chi connectivity index (χ0n) is 21.2. The van der Waals surface area contributed by atoms with E-state index in [2.05, 4.69) is 0 Å². The molecule has 0 N–H and O–H groups in total. The monoisotopic (exact) mass is 524 g/mol. The Morgan fingerprint density at radius 3 is 1.73 bits per heavy atom. The normalized spacial score (nSPS) is 27.7. The number of alkyl halides is 6. The maximum absolute atomic E-state index is 14.2. The molecule has 0 amide bonds. The number of Topliss-reactive ketones (excluding diaryl/α,β-unsaturated/α-hetero) is 1. The van der Waals surface area contributed by atoms with Gasteiger partial charge < -0.3 is 9.80 Å². The Labute approximate surface area is 212 Å². The molecule has 5 rings (SSSR count). The number of hydrogen-bond donors (Lipinski definition) is 0. The van der Waals surface area contributed by atoms with Crippen molar-refractivity contribution >= 4 is 17.2 Å². The molecule has 0 saturated heterocycles. The summed E-state index contributed by atoms with van der Waals surface area (Å²) in [5, 5.41) is 0. The van der Waals surface area contributed by atoms with Crippen LogP contribution >= 0.6 is 0 Å². The second-order valence-corrected chi connectivity index (χ2v) is 11.9. The van der Waals surface area contributed by atoms with Gasteiger partial charge in [0.1, 0.15) is 0 Å². The summed E-state index contributed by atoms with van der Waals surface area (Å²) in [6, 6.07) is 7.00. The Bertz CT molecular complexity index is 1220. The molecule has 4 aliphatic rings. The maximum Gasteiger partial charge on any atom is 0.454 e. The Kier molecular flexibility index (Phi) is 5.70. The number of carbonyl (C=O) groups is 1. The van der Waals surface area contributed by atoms with Crippen molar-refractivity contribution in [3.63, 3.8) is 0 Å². The average Bonchev–Trinajstić information content (AvgIpc) is 3.69. The molecule has 2 saturated carbocycles. The quantitative estimate of drug-likeness (QED) is 0.380. The fraction of sp³-hybridized carbons (Fsp3) is 0.536. The third-order valence-electron chi connectivity index (χ3n) is 8.30. The van der Waals surface area contributed by atoms with Crippen molar-refractivity contribution in [1.82, 2.24) is 0 Å². The van der Waals surface area contributed by atoms with E-state index in [4.69, 9.17) is 0 Å². The number of nitrogens with zero attached hydrogens (tertiary/aromatic N) is 2. The molecule has 2 atom stereocenters. The SMILES string of the molecule is CC1(C)CCN(c2cccc(N3C=C(C(=C4C5C[C@H]45)C(F)(F)F)C(C)(C)CC3)c2)C=C1C(=O)C(F)(F)F. The predicted molar refractivity (Wildman–Crippen MR) is 130 cm³/mol. The van der Waals surface area contributed by atoms with Gasteiger partial charge in [-0.2, -0.15) is 26.3 Å². The molecule has 0 spiro atoms. The lowest BCUT2D eigenvalue weighted by Gasteiger charge is -2.40. The van der Waals surface area contributed by atoms with Crippen molar-refractivity contribution in [2.75, 3.05) is 22.9 Å². The van der Waals surface area contributed by atoms with Crippen LogP contribution in [0.1, 0.15) is 47.0 Å². The number of anilines is 2. The highest BCUT2D eigenvalue weighted by molar-refractivity contribution is 6.01. The molecule has 9 heteroatoms. The van der Waals surface area contributed by atoms with Crippen LogP contribution in [0.25, 0.3) is 0 Å². The van der Waals surface area contributed by atoms with Crippen LogP contribution in [0.5, 0.6) is 0 Å². The third-order valence-corrected chi connectivity index (χ3v) is 8.30. The number of rotatable bonds is 4. The van der Waals surface area contributed by atoms with Gasteiger partial charge in [0.2, 0.25) is 0 Å². The van der Waals surface area contributed by atoms with E-state index < -0.39 is 34.5 Å². The van der Waals surface area contributed by atoms with E-state index in [0.717, 1.165) is 6.42 Å². The molecule has 1 aromatic carbocycles. The zero-order chi connectivity index (χ0) is 27.1. The molecule has 2 aliphatic carbocycles. The van der Waals surface area contributed by atoms with Crippen LogP contribution in [0.3, 0.4) is 0 Å². The molecule has 37 heavy (non-hydrogen) atoms. The minimum atomic E-state index is -4.97. The molecule has 3 nitrogen and oxygen atoms in total. The lowest BCUT2D eigenvalue weighted by molar-refractivity contribution is -0.167. The summed E-state index contributed by atoms with van der Waals surface area (Å²) in [7, 11) is 0. The molecule has 0 radical (unpaired) electrons. The van der Waals surface area contributed by atoms with Crippen LogP contribution in [0.2, 0.25) is 0 Å². The molecule has 2 aliphatic heterocycles. The largest absolute Gasteiger partial charge is 0.454 e. The molecule has 0 aromatic heterocycles. The summed E-state index contributed by atoms with van der Waals surface area (Å²) < 4.78 is 82.3. The number of fused-ring (bicyclic) bond motifs is 1. The highest BCUT2D eigenvalue weighted by Crippen LogP contribution is 2.71. The van der Waals surface area contributed by atoms with Gasteiger partial charge in [0.15, 0.2) is 0 Å². The van der Waals surface area contributed by atoms with Gasteiger partial charge in [0, 0.05) is 42.4 Å². The number of hydrogen-bond acceptors (Lipinski definition) is 3. The van der Waals surface area contributed by atoms with Crippen LogP contribution < -0.4 is 9.80 Å². The first-order chi connectivity index (χ1) is 17.0. The van der Waals surface area contributed by atoms with Crippen LogP contribution in [-0.2, 0) is 4.79 Å². The highest BCUT2D eigenvalue weighted by atomic mass is 19.4. The number of carbonyl (C=O) groups excluding carboxylic acids is 1. The highest BCUT2D eigenvalue weighted by Gasteiger charge is 2.64. The number of halogens is 6. The summed E-state index contributed by atoms with van der Waals surface area (Å²) in [4.78, 5) is 15.5. The minimum absolute atomic E-state index is 0.0794. The van der Waals surface area contributed by atoms with Crippen molar-refractivity contribution in [1.29, 1.82) is 0 Å². The first kappa shape index (κ1) is 25.9. The summed E-state index contributed by atoms with van der Waals surface area (Å²) in [6.45, 7) is 7.84. The molecular weight excluding hydrogens is 494 g/mol. The fourth-order valence-electron chi connectivity index (χ4n) is 5.55. The molecule has 1 unspecified atom stereocenters. The van der Waals surface area contributed by atoms with Gasteiger partial charge in [-0.1, -0.05) is 39.3 Å². The number of ketones is 1. The standard InChI is InChI=1S/C28H30F6N2O/c1-25(2)8-10-35(14-20(25)23(27(29,30)31)22-18-13-19(18)22)16-6-5-7-17(12-16)36-11-9-26(3,4)21(15-36)24(37)28(32,33)34/h5-7,12,14-15,18-19H,8-11,13H2,1-4H3/t18-,19?/m0/s1. The summed E-state index contributed by atoms with van der Waals surface area (Å²) in [5.74, 6) is -1.69. The molecule has 200 valence electrons. The van der Waals surface area contributed by atoms with Gasteiger partial charge in [-0.25, -0.2) is 0 Å². The number of benzene rings is 1. The van der Waals surface area contributed by atoms with Crippen molar-refractivity contribution in [3.05, 3.63) is 59.0 Å². The Hall–Kier alpha value is -2.71. The van der Waals surface area contributed by atoms with E-state index in [1.165, 1.54) is 6.20 Å². The van der Waals surface area contributed by atoms with Crippen molar-refractivity contribution in [3.8, 4) is 0 Å². The van der Waals surface area contributed by atoms with Crippen LogP contribution in [0, 0.1) is 22.7 Å². The zero-order valence-corrected chi connectivity index (χ0v) is 21.2. The lowest BCUT2D eigenvalue weighted by Crippen LogP contribution is -2.39. The first-order valence-corrected chi connectivity index (χ1v) is 12.5. The molecular formula is C28H30F6N2O. The third kappa shape index (κ3) is 4.70. The fourth-order valence-corrected chi connectivity index (χ4v) is 5.55. The second kappa shape index (κ2) is 8.14. The smallest absolute Gasteiger partial charge is 0.348 e. The van der Waals surface area contributed by atoms with Crippen LogP contribution in [0.15, 0.2) is 59.0 Å². The molecule has 1 aromatic rings. The number of allylic oxidation sites excluding steroid dienone is 4. The first-order valence-electron chi connectivity index (χ1n) is 12.5. The van der Waals surface area contributed by atoms with Gasteiger partial charge in [-0.3, -0.25) is 4.79 Å². The van der Waals surface area contributed by atoms with E-state index in [0.29, 0.717) is 42.9 Å². The van der Waals surface area contributed by atoms with E-state index in [9.17, 15) is 31.1 Å². The Morgan fingerprint density at radius 1 is 0.811 bits per heavy atom.